The Morgan fingerprint density at radius 3 is 2.79 bits per heavy atom. The normalized spacial score (nSPS) is 42.2. The summed E-state index contributed by atoms with van der Waals surface area (Å²) in [7, 11) is 0. The Labute approximate surface area is 168 Å². The number of allylic oxidation sites excluding steroid dienone is 4. The van der Waals surface area contributed by atoms with Crippen molar-refractivity contribution >= 4 is 11.4 Å². The maximum Gasteiger partial charge on any atom is 0.136 e. The van der Waals surface area contributed by atoms with E-state index >= 15 is 0 Å². The van der Waals surface area contributed by atoms with Crippen LogP contribution >= 0.6 is 0 Å². The lowest BCUT2D eigenvalue weighted by Crippen LogP contribution is -2.52. The monoisotopic (exact) mass is 376 g/mol. The van der Waals surface area contributed by atoms with Crippen molar-refractivity contribution in [3.8, 4) is 0 Å². The lowest BCUT2D eigenvalue weighted by atomic mass is 9.45. The Balaban J connectivity index is 1.54. The molecule has 1 aromatic rings. The average molecular weight is 377 g/mol. The van der Waals surface area contributed by atoms with E-state index in [9.17, 15) is 4.79 Å². The van der Waals surface area contributed by atoms with E-state index in [1.165, 1.54) is 36.8 Å². The number of hydrogen-bond donors (Lipinski definition) is 0. The summed E-state index contributed by atoms with van der Waals surface area (Å²) in [6, 6.07) is 2.08. The molecule has 2 saturated carbocycles. The van der Waals surface area contributed by atoms with E-state index in [0.29, 0.717) is 24.0 Å². The first-order chi connectivity index (χ1) is 13.5. The quantitative estimate of drug-likeness (QED) is 0.628. The topological polar surface area (TPSA) is 42.9 Å². The summed E-state index contributed by atoms with van der Waals surface area (Å²) in [5, 5.41) is 0. The number of ketones is 1. The van der Waals surface area contributed by atoms with Gasteiger partial charge in [0.25, 0.3) is 0 Å². The molecule has 0 spiro atoms. The first-order valence-electron chi connectivity index (χ1n) is 11.2. The van der Waals surface area contributed by atoms with Crippen LogP contribution in [0.4, 0.5) is 0 Å². The molecule has 1 aromatic heterocycles. The summed E-state index contributed by atoms with van der Waals surface area (Å²) in [5.74, 6) is 3.20. The van der Waals surface area contributed by atoms with Gasteiger partial charge in [-0.1, -0.05) is 38.5 Å². The number of Topliss-reactive ketones (excluding diaryl/α,β-unsaturated/α-hetero) is 1. The number of nitrogens with zero attached hydrogens (tertiary/aromatic N) is 2. The molecule has 0 aliphatic heterocycles. The van der Waals surface area contributed by atoms with E-state index in [1.807, 2.05) is 6.20 Å². The molecule has 0 saturated heterocycles. The Kier molecular flexibility index (Phi) is 4.16. The fourth-order valence-electron chi connectivity index (χ4n) is 7.45. The Hall–Kier alpha value is -1.77. The predicted octanol–water partition coefficient (Wildman–Crippen LogP) is 5.64. The number of carbonyl (C=O) groups is 1. The van der Waals surface area contributed by atoms with Gasteiger partial charge in [0.15, 0.2) is 0 Å². The second-order valence-electron chi connectivity index (χ2n) is 10.1. The molecule has 4 aliphatic rings. The molecular formula is C25H32N2O. The zero-order chi connectivity index (χ0) is 19.5. The summed E-state index contributed by atoms with van der Waals surface area (Å²) in [4.78, 5) is 20.9. The Morgan fingerprint density at radius 2 is 2.04 bits per heavy atom. The van der Waals surface area contributed by atoms with Crippen molar-refractivity contribution in [2.24, 2.45) is 34.5 Å². The molecule has 0 bridgehead atoms. The summed E-state index contributed by atoms with van der Waals surface area (Å²) in [6.07, 6.45) is 16.0. The van der Waals surface area contributed by atoms with Crippen LogP contribution in [0.2, 0.25) is 0 Å². The zero-order valence-corrected chi connectivity index (χ0v) is 17.4. The van der Waals surface area contributed by atoms with Gasteiger partial charge in [0.1, 0.15) is 12.1 Å². The highest BCUT2D eigenvalue weighted by Crippen LogP contribution is 2.67. The van der Waals surface area contributed by atoms with Gasteiger partial charge in [-0.05, 0) is 78.2 Å². The Morgan fingerprint density at radius 1 is 1.18 bits per heavy atom. The van der Waals surface area contributed by atoms with Gasteiger partial charge >= 0.3 is 0 Å². The molecule has 5 rings (SSSR count). The highest BCUT2D eigenvalue weighted by molar-refractivity contribution is 5.82. The van der Waals surface area contributed by atoms with Crippen LogP contribution in [0.3, 0.4) is 0 Å². The highest BCUT2D eigenvalue weighted by Gasteiger charge is 2.58. The minimum atomic E-state index is 0.217. The van der Waals surface area contributed by atoms with Crippen LogP contribution in [-0.4, -0.2) is 15.8 Å². The third-order valence-electron chi connectivity index (χ3n) is 9.02. The summed E-state index contributed by atoms with van der Waals surface area (Å²) in [5.41, 5.74) is 4.50. The third kappa shape index (κ3) is 2.44. The van der Waals surface area contributed by atoms with Crippen LogP contribution in [0.1, 0.15) is 71.4 Å². The van der Waals surface area contributed by atoms with Crippen molar-refractivity contribution in [2.75, 3.05) is 0 Å². The minimum Gasteiger partial charge on any atom is -0.299 e. The molecule has 4 aliphatic carbocycles. The average Bonchev–Trinajstić information content (AvgIpc) is 3.06. The second-order valence-corrected chi connectivity index (χ2v) is 10.1. The molecule has 1 heterocycles. The number of carbonyl (C=O) groups excluding carboxylic acids is 1. The van der Waals surface area contributed by atoms with Crippen LogP contribution in [0.25, 0.3) is 5.57 Å². The minimum absolute atomic E-state index is 0.217. The molecule has 3 heteroatoms. The number of aromatic nitrogens is 2. The van der Waals surface area contributed by atoms with Gasteiger partial charge in [0.2, 0.25) is 0 Å². The first-order valence-corrected chi connectivity index (χ1v) is 11.2. The molecule has 148 valence electrons. The second kappa shape index (κ2) is 6.37. The van der Waals surface area contributed by atoms with Gasteiger partial charge in [0, 0.05) is 19.0 Å². The summed E-state index contributed by atoms with van der Waals surface area (Å²) < 4.78 is 0. The molecule has 0 amide bonds. The van der Waals surface area contributed by atoms with Gasteiger partial charge < -0.3 is 0 Å². The van der Waals surface area contributed by atoms with E-state index in [-0.39, 0.29) is 10.8 Å². The van der Waals surface area contributed by atoms with Crippen molar-refractivity contribution < 1.29 is 4.79 Å². The molecule has 28 heavy (non-hydrogen) atoms. The molecule has 3 nitrogen and oxygen atoms in total. The lowest BCUT2D eigenvalue weighted by molar-refractivity contribution is -0.122. The summed E-state index contributed by atoms with van der Waals surface area (Å²) in [6.45, 7) is 7.31. The highest BCUT2D eigenvalue weighted by atomic mass is 16.1. The number of fused-ring (bicyclic) bond motifs is 5. The maximum atomic E-state index is 12.2. The smallest absolute Gasteiger partial charge is 0.136 e. The van der Waals surface area contributed by atoms with Crippen LogP contribution in [0.15, 0.2) is 36.3 Å². The molecule has 6 atom stereocenters. The van der Waals surface area contributed by atoms with E-state index in [1.54, 1.807) is 6.33 Å². The van der Waals surface area contributed by atoms with E-state index in [2.05, 4.69) is 49.0 Å². The van der Waals surface area contributed by atoms with Crippen LogP contribution < -0.4 is 0 Å². The van der Waals surface area contributed by atoms with E-state index in [4.69, 9.17) is 0 Å². The largest absolute Gasteiger partial charge is 0.299 e. The fraction of sp³-hybridized carbons (Fsp3) is 0.640. The molecular weight excluding hydrogens is 344 g/mol. The molecule has 0 radical (unpaired) electrons. The van der Waals surface area contributed by atoms with Gasteiger partial charge in [-0.25, -0.2) is 9.97 Å². The first kappa shape index (κ1) is 18.3. The summed E-state index contributed by atoms with van der Waals surface area (Å²) >= 11 is 0. The van der Waals surface area contributed by atoms with Crippen molar-refractivity contribution in [2.45, 2.75) is 65.7 Å². The Bertz CT molecular complexity index is 857. The fourth-order valence-corrected chi connectivity index (χ4v) is 7.45. The van der Waals surface area contributed by atoms with Gasteiger partial charge in [-0.2, -0.15) is 0 Å². The SMILES string of the molecule is CCC1C=C2CC(=O)CC[C@]2(C)[C@H]2CC[C@]3(C)C(c4ccncn4)=CC[C@H]3[C@H]12. The van der Waals surface area contributed by atoms with Crippen molar-refractivity contribution in [3.05, 3.63) is 42.0 Å². The maximum absolute atomic E-state index is 12.2. The molecule has 2 fully saturated rings. The number of hydrogen-bond acceptors (Lipinski definition) is 3. The van der Waals surface area contributed by atoms with E-state index < -0.39 is 0 Å². The van der Waals surface area contributed by atoms with E-state index in [0.717, 1.165) is 30.4 Å². The van der Waals surface area contributed by atoms with Gasteiger partial charge in [-0.15, -0.1) is 0 Å². The molecule has 0 N–H and O–H groups in total. The third-order valence-corrected chi connectivity index (χ3v) is 9.02. The standard InChI is InChI=1S/C25H32N2O/c1-4-16-13-17-14-18(28)7-10-24(17,2)21-8-11-25(3)19(5-6-20(25)23(16)21)22-9-12-26-15-27-22/h5,9,12-13,15-16,20-21,23H,4,6-8,10-11,14H2,1-3H3/t16?,20-,21-,23-,24-,25+/m0/s1. The van der Waals surface area contributed by atoms with Gasteiger partial charge in [0.05, 0.1) is 5.69 Å². The van der Waals surface area contributed by atoms with Crippen LogP contribution in [-0.2, 0) is 4.79 Å². The number of rotatable bonds is 2. The van der Waals surface area contributed by atoms with Crippen molar-refractivity contribution in [1.29, 1.82) is 0 Å². The van der Waals surface area contributed by atoms with Crippen molar-refractivity contribution in [3.63, 3.8) is 0 Å². The van der Waals surface area contributed by atoms with Crippen LogP contribution in [0, 0.1) is 34.5 Å². The van der Waals surface area contributed by atoms with Crippen molar-refractivity contribution in [1.82, 2.24) is 9.97 Å². The van der Waals surface area contributed by atoms with Gasteiger partial charge in [-0.3, -0.25) is 4.79 Å². The zero-order valence-electron chi connectivity index (χ0n) is 17.4. The molecule has 0 aromatic carbocycles. The molecule has 1 unspecified atom stereocenters. The lowest BCUT2D eigenvalue weighted by Gasteiger charge is -2.59. The van der Waals surface area contributed by atoms with Crippen LogP contribution in [0.5, 0.6) is 0 Å². The predicted molar refractivity (Wildman–Crippen MR) is 111 cm³/mol.